The lowest BCUT2D eigenvalue weighted by molar-refractivity contribution is 0.174. The van der Waals surface area contributed by atoms with Crippen molar-refractivity contribution in [3.05, 3.63) is 23.3 Å². The van der Waals surface area contributed by atoms with Crippen LogP contribution in [0.5, 0.6) is 11.5 Å². The van der Waals surface area contributed by atoms with E-state index in [0.717, 1.165) is 24.5 Å². The molecule has 0 aliphatic carbocycles. The lowest BCUT2D eigenvalue weighted by atomic mass is 10.0. The van der Waals surface area contributed by atoms with Gasteiger partial charge in [0.1, 0.15) is 0 Å². The summed E-state index contributed by atoms with van der Waals surface area (Å²) in [7, 11) is 1.95. The summed E-state index contributed by atoms with van der Waals surface area (Å²) in [6, 6.07) is 4.15. The molecule has 0 fully saturated rings. The standard InChI is InChI=1S/C11H15NO2/c1-3-8-4-10-11(14-7-13-10)5-9(8)6-12-2/h4-5,12H,3,6-7H2,1-2H3. The van der Waals surface area contributed by atoms with E-state index in [1.165, 1.54) is 11.1 Å². The maximum absolute atomic E-state index is 5.33. The Hall–Kier alpha value is -1.22. The van der Waals surface area contributed by atoms with E-state index in [-0.39, 0.29) is 0 Å². The quantitative estimate of drug-likeness (QED) is 0.792. The van der Waals surface area contributed by atoms with Gasteiger partial charge in [-0.3, -0.25) is 0 Å². The zero-order valence-corrected chi connectivity index (χ0v) is 8.59. The van der Waals surface area contributed by atoms with Crippen molar-refractivity contribution < 1.29 is 9.47 Å². The van der Waals surface area contributed by atoms with Crippen LogP contribution in [-0.4, -0.2) is 13.8 Å². The van der Waals surface area contributed by atoms with Gasteiger partial charge in [-0.2, -0.15) is 0 Å². The molecule has 1 aliphatic rings. The van der Waals surface area contributed by atoms with Gasteiger partial charge in [0.2, 0.25) is 6.79 Å². The maximum Gasteiger partial charge on any atom is 0.231 e. The molecule has 76 valence electrons. The van der Waals surface area contributed by atoms with Crippen molar-refractivity contribution in [1.29, 1.82) is 0 Å². The second-order valence-electron chi connectivity index (χ2n) is 3.36. The van der Waals surface area contributed by atoms with Crippen LogP contribution in [0.3, 0.4) is 0 Å². The third kappa shape index (κ3) is 1.55. The molecule has 0 bridgehead atoms. The van der Waals surface area contributed by atoms with E-state index < -0.39 is 0 Å². The molecule has 3 nitrogen and oxygen atoms in total. The molecule has 0 atom stereocenters. The Labute approximate surface area is 84.0 Å². The van der Waals surface area contributed by atoms with E-state index in [2.05, 4.69) is 24.4 Å². The highest BCUT2D eigenvalue weighted by molar-refractivity contribution is 5.48. The fourth-order valence-corrected chi connectivity index (χ4v) is 1.71. The van der Waals surface area contributed by atoms with Gasteiger partial charge in [0.05, 0.1) is 0 Å². The molecule has 0 amide bonds. The molecule has 2 rings (SSSR count). The molecule has 0 aromatic heterocycles. The lowest BCUT2D eigenvalue weighted by Crippen LogP contribution is -2.07. The van der Waals surface area contributed by atoms with Crippen molar-refractivity contribution in [2.45, 2.75) is 19.9 Å². The van der Waals surface area contributed by atoms with Crippen LogP contribution in [-0.2, 0) is 13.0 Å². The summed E-state index contributed by atoms with van der Waals surface area (Å²) >= 11 is 0. The molecule has 0 spiro atoms. The smallest absolute Gasteiger partial charge is 0.231 e. The predicted octanol–water partition coefficient (Wildman–Crippen LogP) is 1.70. The summed E-state index contributed by atoms with van der Waals surface area (Å²) in [4.78, 5) is 0. The number of hydrogen-bond donors (Lipinski definition) is 1. The van der Waals surface area contributed by atoms with Crippen molar-refractivity contribution in [3.8, 4) is 11.5 Å². The highest BCUT2D eigenvalue weighted by Crippen LogP contribution is 2.34. The Morgan fingerprint density at radius 2 is 1.86 bits per heavy atom. The zero-order valence-electron chi connectivity index (χ0n) is 8.59. The number of ether oxygens (including phenoxy) is 2. The summed E-state index contributed by atoms with van der Waals surface area (Å²) in [6.45, 7) is 3.37. The average molecular weight is 193 g/mol. The first kappa shape index (κ1) is 9.34. The van der Waals surface area contributed by atoms with Gasteiger partial charge < -0.3 is 14.8 Å². The molecule has 1 aliphatic heterocycles. The first-order valence-electron chi connectivity index (χ1n) is 4.91. The van der Waals surface area contributed by atoms with Crippen molar-refractivity contribution in [1.82, 2.24) is 5.32 Å². The molecule has 0 radical (unpaired) electrons. The summed E-state index contributed by atoms with van der Waals surface area (Å²) in [5, 5.41) is 3.15. The number of fused-ring (bicyclic) bond motifs is 1. The fraction of sp³-hybridized carbons (Fsp3) is 0.455. The van der Waals surface area contributed by atoms with Crippen LogP contribution < -0.4 is 14.8 Å². The van der Waals surface area contributed by atoms with E-state index in [1.807, 2.05) is 7.05 Å². The molecule has 14 heavy (non-hydrogen) atoms. The van der Waals surface area contributed by atoms with Gasteiger partial charge in [-0.05, 0) is 36.7 Å². The monoisotopic (exact) mass is 193 g/mol. The van der Waals surface area contributed by atoms with Crippen molar-refractivity contribution in [2.75, 3.05) is 13.8 Å². The molecule has 0 saturated carbocycles. The second-order valence-corrected chi connectivity index (χ2v) is 3.36. The van der Waals surface area contributed by atoms with Crippen LogP contribution in [0, 0.1) is 0 Å². The molecule has 1 aromatic carbocycles. The van der Waals surface area contributed by atoms with Crippen molar-refractivity contribution in [2.24, 2.45) is 0 Å². The highest BCUT2D eigenvalue weighted by Gasteiger charge is 2.15. The average Bonchev–Trinajstić information content (AvgIpc) is 2.64. The molecule has 0 saturated heterocycles. The van der Waals surface area contributed by atoms with Crippen molar-refractivity contribution in [3.63, 3.8) is 0 Å². The molecule has 1 heterocycles. The van der Waals surface area contributed by atoms with Gasteiger partial charge in [-0.25, -0.2) is 0 Å². The zero-order chi connectivity index (χ0) is 9.97. The second kappa shape index (κ2) is 3.88. The van der Waals surface area contributed by atoms with E-state index in [1.54, 1.807) is 0 Å². The van der Waals surface area contributed by atoms with Crippen molar-refractivity contribution >= 4 is 0 Å². The molecule has 0 unspecified atom stereocenters. The first-order valence-corrected chi connectivity index (χ1v) is 4.91. The van der Waals surface area contributed by atoms with E-state index in [0.29, 0.717) is 6.79 Å². The fourth-order valence-electron chi connectivity index (χ4n) is 1.71. The molecule has 3 heteroatoms. The Bertz CT molecular complexity index is 336. The number of aryl methyl sites for hydroxylation is 1. The largest absolute Gasteiger partial charge is 0.454 e. The van der Waals surface area contributed by atoms with E-state index in [9.17, 15) is 0 Å². The molecule has 1 aromatic rings. The van der Waals surface area contributed by atoms with Crippen LogP contribution in [0.4, 0.5) is 0 Å². The summed E-state index contributed by atoms with van der Waals surface area (Å²) in [5.41, 5.74) is 2.61. The van der Waals surface area contributed by atoms with Gasteiger partial charge in [-0.15, -0.1) is 0 Å². The Balaban J connectivity index is 2.38. The Kier molecular flexibility index (Phi) is 2.59. The highest BCUT2D eigenvalue weighted by atomic mass is 16.7. The van der Waals surface area contributed by atoms with Crippen LogP contribution in [0.1, 0.15) is 18.1 Å². The normalized spacial score (nSPS) is 13.3. The number of hydrogen-bond acceptors (Lipinski definition) is 3. The third-order valence-corrected chi connectivity index (χ3v) is 2.44. The van der Waals surface area contributed by atoms with E-state index in [4.69, 9.17) is 9.47 Å². The molecular weight excluding hydrogens is 178 g/mol. The summed E-state index contributed by atoms with van der Waals surface area (Å²) in [5.74, 6) is 1.74. The third-order valence-electron chi connectivity index (χ3n) is 2.44. The number of nitrogens with one attached hydrogen (secondary N) is 1. The predicted molar refractivity (Wildman–Crippen MR) is 54.7 cm³/mol. The summed E-state index contributed by atoms with van der Waals surface area (Å²) < 4.78 is 10.7. The van der Waals surface area contributed by atoms with Gasteiger partial charge in [0.25, 0.3) is 0 Å². The van der Waals surface area contributed by atoms with Gasteiger partial charge >= 0.3 is 0 Å². The molecule has 1 N–H and O–H groups in total. The Morgan fingerprint density at radius 1 is 1.21 bits per heavy atom. The van der Waals surface area contributed by atoms with Crippen LogP contribution in [0.25, 0.3) is 0 Å². The lowest BCUT2D eigenvalue weighted by Gasteiger charge is -2.08. The number of benzene rings is 1. The van der Waals surface area contributed by atoms with Crippen LogP contribution >= 0.6 is 0 Å². The minimum atomic E-state index is 0.349. The van der Waals surface area contributed by atoms with Crippen LogP contribution in [0.15, 0.2) is 12.1 Å². The van der Waals surface area contributed by atoms with Gasteiger partial charge in [-0.1, -0.05) is 6.92 Å². The summed E-state index contributed by atoms with van der Waals surface area (Å²) in [6.07, 6.45) is 1.02. The topological polar surface area (TPSA) is 30.5 Å². The minimum absolute atomic E-state index is 0.349. The minimum Gasteiger partial charge on any atom is -0.454 e. The van der Waals surface area contributed by atoms with Gasteiger partial charge in [0.15, 0.2) is 11.5 Å². The SMILES string of the molecule is CCc1cc2c(cc1CNC)OCO2. The molecular formula is C11H15NO2. The Morgan fingerprint density at radius 3 is 2.43 bits per heavy atom. The number of rotatable bonds is 3. The first-order chi connectivity index (χ1) is 6.85. The van der Waals surface area contributed by atoms with Crippen LogP contribution in [0.2, 0.25) is 0 Å². The van der Waals surface area contributed by atoms with E-state index >= 15 is 0 Å². The van der Waals surface area contributed by atoms with Gasteiger partial charge in [0, 0.05) is 6.54 Å². The maximum atomic E-state index is 5.33.